The van der Waals surface area contributed by atoms with E-state index in [-0.39, 0.29) is 23.7 Å². The zero-order chi connectivity index (χ0) is 18.3. The van der Waals surface area contributed by atoms with Crippen molar-refractivity contribution in [1.82, 2.24) is 10.3 Å². The Bertz CT molecular complexity index is 1170. The zero-order valence-corrected chi connectivity index (χ0v) is 16.9. The lowest BCUT2D eigenvalue weighted by molar-refractivity contribution is 0.478. The highest BCUT2D eigenvalue weighted by Crippen LogP contribution is 2.42. The van der Waals surface area contributed by atoms with Gasteiger partial charge < -0.3 is 15.4 Å². The van der Waals surface area contributed by atoms with Gasteiger partial charge in [-0.15, -0.1) is 23.7 Å². The summed E-state index contributed by atoms with van der Waals surface area (Å²) < 4.78 is 0.631. The number of pyridine rings is 1. The van der Waals surface area contributed by atoms with Gasteiger partial charge in [0, 0.05) is 22.4 Å². The number of hydrogen-bond acceptors (Lipinski definition) is 4. The fourth-order valence-electron chi connectivity index (χ4n) is 3.28. The molecule has 0 saturated carbocycles. The van der Waals surface area contributed by atoms with Crippen LogP contribution < -0.4 is 10.9 Å². The Balaban J connectivity index is 0.00000210. The normalized spacial score (nSPS) is 11.0. The van der Waals surface area contributed by atoms with E-state index in [0.29, 0.717) is 20.8 Å². The van der Waals surface area contributed by atoms with Crippen LogP contribution in [0.25, 0.3) is 32.1 Å². The van der Waals surface area contributed by atoms with Gasteiger partial charge >= 0.3 is 0 Å². The highest BCUT2D eigenvalue weighted by Gasteiger charge is 2.18. The monoisotopic (exact) mass is 420 g/mol. The maximum absolute atomic E-state index is 12.3. The van der Waals surface area contributed by atoms with E-state index in [2.05, 4.69) is 22.4 Å². The van der Waals surface area contributed by atoms with Crippen molar-refractivity contribution in [2.45, 2.75) is 6.42 Å². The number of phenolic OH excluding ortho intramolecular Hbond substituents is 1. The maximum Gasteiger partial charge on any atom is 0.266 e. The molecule has 4 aromatic rings. The Morgan fingerprint density at radius 2 is 1.96 bits per heavy atom. The van der Waals surface area contributed by atoms with Crippen LogP contribution in [0.3, 0.4) is 0 Å². The van der Waals surface area contributed by atoms with Crippen LogP contribution in [0.4, 0.5) is 0 Å². The summed E-state index contributed by atoms with van der Waals surface area (Å²) in [4.78, 5) is 15.2. The summed E-state index contributed by atoms with van der Waals surface area (Å²) in [6.07, 6.45) is 0.937. The lowest BCUT2D eigenvalue weighted by atomic mass is 9.96. The van der Waals surface area contributed by atoms with Crippen LogP contribution in [0.1, 0.15) is 5.56 Å². The smallest absolute Gasteiger partial charge is 0.266 e. The van der Waals surface area contributed by atoms with Crippen molar-refractivity contribution >= 4 is 56.3 Å². The van der Waals surface area contributed by atoms with Crippen LogP contribution in [0.2, 0.25) is 5.02 Å². The van der Waals surface area contributed by atoms with Crippen molar-refractivity contribution in [2.24, 2.45) is 0 Å². The minimum Gasteiger partial charge on any atom is -0.507 e. The largest absolute Gasteiger partial charge is 0.507 e. The van der Waals surface area contributed by atoms with Crippen LogP contribution in [-0.4, -0.2) is 23.7 Å². The molecule has 0 aliphatic heterocycles. The van der Waals surface area contributed by atoms with Gasteiger partial charge in [-0.1, -0.05) is 35.9 Å². The number of aromatic nitrogens is 1. The number of thiophene rings is 1. The summed E-state index contributed by atoms with van der Waals surface area (Å²) in [5.41, 5.74) is 3.18. The van der Waals surface area contributed by atoms with Gasteiger partial charge in [-0.25, -0.2) is 0 Å². The summed E-state index contributed by atoms with van der Waals surface area (Å²) in [5, 5.41) is 17.6. The number of fused-ring (bicyclic) bond motifs is 3. The fourth-order valence-corrected chi connectivity index (χ4v) is 4.32. The van der Waals surface area contributed by atoms with E-state index in [4.69, 9.17) is 11.6 Å². The standard InChI is InChI=1S/C20H17ClN2O2S.ClH/c1-22-8-6-11-2-4-12(5-3-11)16-15(24)10-14(21)18-17(16)13-7-9-26-19(13)20(25)23-18;/h2-5,7,9-10,22,24H,6,8H2,1H3,(H,23,25);1H. The van der Waals surface area contributed by atoms with Gasteiger partial charge in [0.1, 0.15) is 10.4 Å². The van der Waals surface area contributed by atoms with Crippen molar-refractivity contribution in [3.8, 4) is 16.9 Å². The second-order valence-electron chi connectivity index (χ2n) is 6.17. The molecule has 0 radical (unpaired) electrons. The number of benzene rings is 2. The molecular formula is C20H18Cl2N2O2S. The van der Waals surface area contributed by atoms with E-state index in [1.807, 2.05) is 30.6 Å². The third-order valence-electron chi connectivity index (χ3n) is 4.54. The Kier molecular flexibility index (Phi) is 5.77. The van der Waals surface area contributed by atoms with Gasteiger partial charge in [0.15, 0.2) is 0 Å². The number of H-pyrrole nitrogens is 1. The second kappa shape index (κ2) is 7.90. The van der Waals surface area contributed by atoms with Crippen LogP contribution in [0, 0.1) is 0 Å². The summed E-state index contributed by atoms with van der Waals surface area (Å²) in [6.45, 7) is 0.908. The first kappa shape index (κ1) is 19.7. The third kappa shape index (κ3) is 3.44. The number of phenols is 1. The molecule has 0 atom stereocenters. The molecule has 0 amide bonds. The van der Waals surface area contributed by atoms with Crippen molar-refractivity contribution in [3.05, 3.63) is 62.7 Å². The van der Waals surface area contributed by atoms with E-state index in [9.17, 15) is 9.90 Å². The topological polar surface area (TPSA) is 65.1 Å². The Morgan fingerprint density at radius 3 is 2.67 bits per heavy atom. The molecule has 4 rings (SSSR count). The van der Waals surface area contributed by atoms with Crippen LogP contribution in [0.5, 0.6) is 5.75 Å². The number of aromatic hydroxyl groups is 1. The molecule has 140 valence electrons. The predicted octanol–water partition coefficient (Wildman–Crippen LogP) is 4.95. The van der Waals surface area contributed by atoms with Crippen molar-refractivity contribution in [2.75, 3.05) is 13.6 Å². The van der Waals surface area contributed by atoms with Gasteiger partial charge in [0.2, 0.25) is 0 Å². The molecule has 4 nitrogen and oxygen atoms in total. The summed E-state index contributed by atoms with van der Waals surface area (Å²) in [6, 6.07) is 11.5. The van der Waals surface area contributed by atoms with Crippen molar-refractivity contribution < 1.29 is 5.11 Å². The minimum absolute atomic E-state index is 0. The number of aromatic amines is 1. The number of rotatable bonds is 4. The molecule has 0 fully saturated rings. The quantitative estimate of drug-likeness (QED) is 0.437. The SMILES string of the molecule is CNCCc1ccc(-c2c(O)cc(Cl)c3[nH]c(=O)c4sccc4c23)cc1.Cl. The molecule has 0 bridgehead atoms. The van der Waals surface area contributed by atoms with Crippen LogP contribution in [0.15, 0.2) is 46.6 Å². The van der Waals surface area contributed by atoms with Gasteiger partial charge in [-0.3, -0.25) is 4.79 Å². The van der Waals surface area contributed by atoms with E-state index in [0.717, 1.165) is 29.3 Å². The highest BCUT2D eigenvalue weighted by molar-refractivity contribution is 7.17. The van der Waals surface area contributed by atoms with Crippen molar-refractivity contribution in [1.29, 1.82) is 0 Å². The van der Waals surface area contributed by atoms with E-state index in [1.54, 1.807) is 0 Å². The molecular weight excluding hydrogens is 403 g/mol. The maximum atomic E-state index is 12.3. The second-order valence-corrected chi connectivity index (χ2v) is 7.49. The molecule has 2 aromatic heterocycles. The Labute approximate surface area is 171 Å². The first-order valence-corrected chi connectivity index (χ1v) is 9.54. The molecule has 27 heavy (non-hydrogen) atoms. The number of halogens is 2. The molecule has 7 heteroatoms. The summed E-state index contributed by atoms with van der Waals surface area (Å²) in [5.74, 6) is 0.102. The van der Waals surface area contributed by atoms with Gasteiger partial charge in [-0.05, 0) is 42.6 Å². The predicted molar refractivity (Wildman–Crippen MR) is 117 cm³/mol. The molecule has 2 heterocycles. The highest BCUT2D eigenvalue weighted by atomic mass is 35.5. The van der Waals surface area contributed by atoms with E-state index in [1.165, 1.54) is 23.0 Å². The lowest BCUT2D eigenvalue weighted by Crippen LogP contribution is -2.10. The fraction of sp³-hybridized carbons (Fsp3) is 0.150. The van der Waals surface area contributed by atoms with Crippen LogP contribution in [-0.2, 0) is 6.42 Å². The van der Waals surface area contributed by atoms with Crippen LogP contribution >= 0.6 is 35.3 Å². The minimum atomic E-state index is -0.163. The molecule has 0 unspecified atom stereocenters. The van der Waals surface area contributed by atoms with Crippen molar-refractivity contribution in [3.63, 3.8) is 0 Å². The number of hydrogen-bond donors (Lipinski definition) is 3. The number of nitrogens with one attached hydrogen (secondary N) is 2. The first-order valence-electron chi connectivity index (χ1n) is 8.28. The average molecular weight is 421 g/mol. The molecule has 0 saturated heterocycles. The van der Waals surface area contributed by atoms with Gasteiger partial charge in [0.05, 0.1) is 10.5 Å². The summed E-state index contributed by atoms with van der Waals surface area (Å²) in [7, 11) is 1.93. The average Bonchev–Trinajstić information content (AvgIpc) is 3.12. The Hall–Kier alpha value is -2.05. The zero-order valence-electron chi connectivity index (χ0n) is 14.5. The summed E-state index contributed by atoms with van der Waals surface area (Å²) >= 11 is 7.69. The third-order valence-corrected chi connectivity index (χ3v) is 5.76. The van der Waals surface area contributed by atoms with Gasteiger partial charge in [0.25, 0.3) is 5.56 Å². The van der Waals surface area contributed by atoms with E-state index < -0.39 is 0 Å². The molecule has 0 spiro atoms. The Morgan fingerprint density at radius 1 is 1.22 bits per heavy atom. The lowest BCUT2D eigenvalue weighted by Gasteiger charge is -2.13. The molecule has 0 aliphatic carbocycles. The van der Waals surface area contributed by atoms with Gasteiger partial charge in [-0.2, -0.15) is 0 Å². The van der Waals surface area contributed by atoms with E-state index >= 15 is 0 Å². The molecule has 2 aromatic carbocycles. The molecule has 3 N–H and O–H groups in total. The molecule has 0 aliphatic rings. The number of likely N-dealkylation sites (N-methyl/N-ethyl adjacent to an activating group) is 1. The first-order chi connectivity index (χ1) is 12.6.